The lowest BCUT2D eigenvalue weighted by Crippen LogP contribution is -2.48. The van der Waals surface area contributed by atoms with Gasteiger partial charge in [-0.25, -0.2) is 18.4 Å². The molecule has 1 fully saturated rings. The maximum atomic E-state index is 13.1. The van der Waals surface area contributed by atoms with Gasteiger partial charge in [0.05, 0.1) is 4.90 Å². The van der Waals surface area contributed by atoms with Crippen LogP contribution in [0.2, 0.25) is 0 Å². The van der Waals surface area contributed by atoms with E-state index in [1.54, 1.807) is 48.8 Å². The van der Waals surface area contributed by atoms with Gasteiger partial charge < -0.3 is 20.6 Å². The Bertz CT molecular complexity index is 1450. The second-order valence-electron chi connectivity index (χ2n) is 11.0. The normalized spacial score (nSPS) is 15.2. The third kappa shape index (κ3) is 7.80. The van der Waals surface area contributed by atoms with E-state index in [4.69, 9.17) is 0 Å². The van der Waals surface area contributed by atoms with Crippen LogP contribution in [0.15, 0.2) is 71.9 Å². The monoisotopic (exact) mass is 580 g/mol. The lowest BCUT2D eigenvalue weighted by molar-refractivity contribution is -0.138. The quantitative estimate of drug-likeness (QED) is 0.283. The molecular weight excluding hydrogens is 544 g/mol. The minimum atomic E-state index is -4.17. The lowest BCUT2D eigenvalue weighted by atomic mass is 9.87. The Hall–Kier alpha value is -4.03. The van der Waals surface area contributed by atoms with E-state index in [9.17, 15) is 23.1 Å². The molecule has 11 nitrogen and oxygen atoms in total. The first-order chi connectivity index (χ1) is 19.4. The number of carboxylic acid groups (broad SMARTS) is 1. The van der Waals surface area contributed by atoms with Gasteiger partial charge in [0.15, 0.2) is 0 Å². The Kier molecular flexibility index (Phi) is 9.24. The fourth-order valence-electron chi connectivity index (χ4n) is 4.71. The van der Waals surface area contributed by atoms with E-state index < -0.39 is 39.9 Å². The molecule has 1 aliphatic rings. The van der Waals surface area contributed by atoms with Crippen molar-refractivity contribution in [1.29, 1.82) is 0 Å². The molecule has 2 heterocycles. The predicted octanol–water partition coefficient (Wildman–Crippen LogP) is 3.02. The minimum absolute atomic E-state index is 0.00822. The molecule has 1 saturated heterocycles. The van der Waals surface area contributed by atoms with Crippen LogP contribution in [0.3, 0.4) is 0 Å². The summed E-state index contributed by atoms with van der Waals surface area (Å²) in [7, 11) is -4.17. The zero-order valence-corrected chi connectivity index (χ0v) is 24.2. The lowest BCUT2D eigenvalue weighted by Gasteiger charge is -2.34. The van der Waals surface area contributed by atoms with Crippen molar-refractivity contribution in [2.24, 2.45) is 0 Å². The van der Waals surface area contributed by atoms with E-state index in [1.807, 2.05) is 32.9 Å². The van der Waals surface area contributed by atoms with Gasteiger partial charge in [-0.1, -0.05) is 39.0 Å². The summed E-state index contributed by atoms with van der Waals surface area (Å²) in [6.45, 7) is 6.87. The fraction of sp³-hybridized carbons (Fsp3) is 0.379. The second-order valence-corrected chi connectivity index (χ2v) is 12.7. The number of carbonyl (C=O) groups is 2. The molecule has 2 aromatic carbocycles. The number of aromatic nitrogens is 2. The van der Waals surface area contributed by atoms with Gasteiger partial charge in [0.2, 0.25) is 16.0 Å². The Balaban J connectivity index is 1.33. The van der Waals surface area contributed by atoms with Crippen molar-refractivity contribution < 1.29 is 23.1 Å². The van der Waals surface area contributed by atoms with E-state index in [1.165, 1.54) is 6.07 Å². The number of nitrogens with zero attached hydrogens (tertiary/aromatic N) is 3. The molecule has 1 amide bonds. The van der Waals surface area contributed by atoms with Crippen LogP contribution >= 0.6 is 0 Å². The van der Waals surface area contributed by atoms with E-state index in [0.717, 1.165) is 31.6 Å². The molecule has 41 heavy (non-hydrogen) atoms. The van der Waals surface area contributed by atoms with Crippen molar-refractivity contribution in [3.05, 3.63) is 78.1 Å². The molecule has 0 radical (unpaired) electrons. The molecule has 0 saturated carbocycles. The average Bonchev–Trinajstić information content (AvgIpc) is 2.95. The topological polar surface area (TPSA) is 154 Å². The van der Waals surface area contributed by atoms with Crippen LogP contribution in [0.4, 0.5) is 11.6 Å². The van der Waals surface area contributed by atoms with Crippen molar-refractivity contribution in [2.45, 2.75) is 56.0 Å². The van der Waals surface area contributed by atoms with Crippen LogP contribution < -0.4 is 20.3 Å². The van der Waals surface area contributed by atoms with Crippen LogP contribution in [-0.2, 0) is 20.2 Å². The van der Waals surface area contributed by atoms with Crippen molar-refractivity contribution in [1.82, 2.24) is 20.0 Å². The summed E-state index contributed by atoms with van der Waals surface area (Å²) in [5, 5.41) is 15.6. The molecule has 4 N–H and O–H groups in total. The summed E-state index contributed by atoms with van der Waals surface area (Å²) in [6, 6.07) is 14.0. The van der Waals surface area contributed by atoms with Crippen molar-refractivity contribution >= 4 is 33.5 Å². The van der Waals surface area contributed by atoms with Gasteiger partial charge in [-0.05, 0) is 60.2 Å². The molecule has 1 aromatic heterocycles. The number of piperidine rings is 1. The highest BCUT2D eigenvalue weighted by molar-refractivity contribution is 7.89. The Morgan fingerprint density at radius 3 is 2.24 bits per heavy atom. The summed E-state index contributed by atoms with van der Waals surface area (Å²) in [4.78, 5) is 35.3. The highest BCUT2D eigenvalue weighted by Gasteiger charge is 2.30. The number of hydrogen-bond donors (Lipinski definition) is 4. The minimum Gasteiger partial charge on any atom is -0.480 e. The third-order valence-corrected chi connectivity index (χ3v) is 8.47. The van der Waals surface area contributed by atoms with Crippen molar-refractivity contribution in [3.8, 4) is 0 Å². The van der Waals surface area contributed by atoms with E-state index in [2.05, 4.69) is 30.2 Å². The van der Waals surface area contributed by atoms with E-state index in [0.29, 0.717) is 17.1 Å². The zero-order chi connectivity index (χ0) is 29.6. The first-order valence-electron chi connectivity index (χ1n) is 13.5. The summed E-state index contributed by atoms with van der Waals surface area (Å²) in [5.74, 6) is -1.27. The smallest absolute Gasteiger partial charge is 0.323 e. The fourth-order valence-corrected chi connectivity index (χ4v) is 6.32. The predicted molar refractivity (Wildman–Crippen MR) is 157 cm³/mol. The Morgan fingerprint density at radius 2 is 1.63 bits per heavy atom. The molecule has 218 valence electrons. The average molecular weight is 581 g/mol. The number of benzene rings is 2. The summed E-state index contributed by atoms with van der Waals surface area (Å²) < 4.78 is 28.5. The highest BCUT2D eigenvalue weighted by Crippen LogP contribution is 2.28. The molecule has 1 aliphatic heterocycles. The molecule has 0 aliphatic carbocycles. The van der Waals surface area contributed by atoms with Gasteiger partial charge >= 0.3 is 5.97 Å². The molecule has 0 bridgehead atoms. The van der Waals surface area contributed by atoms with Gasteiger partial charge in [-0.15, -0.1) is 0 Å². The molecular formula is C29H36N6O5S. The van der Waals surface area contributed by atoms with Crippen LogP contribution in [0.25, 0.3) is 0 Å². The Morgan fingerprint density at radius 1 is 1.00 bits per heavy atom. The molecule has 0 unspecified atom stereocenters. The SMILES string of the molecule is CC(C)(C)c1ccccc1S(=O)(=O)N[C@@H](CNC(=O)c1ccc(N2CCC(Nc3ncccn3)CC2)cc1)C(=O)O. The summed E-state index contributed by atoms with van der Waals surface area (Å²) in [6.07, 6.45) is 5.23. The molecule has 1 atom stereocenters. The maximum Gasteiger partial charge on any atom is 0.323 e. The van der Waals surface area contributed by atoms with Crippen molar-refractivity contribution in [2.75, 3.05) is 29.9 Å². The largest absolute Gasteiger partial charge is 0.480 e. The second kappa shape index (κ2) is 12.6. The van der Waals surface area contributed by atoms with Gasteiger partial charge in [0.1, 0.15) is 6.04 Å². The van der Waals surface area contributed by atoms with Gasteiger partial charge in [-0.2, -0.15) is 4.72 Å². The first kappa shape index (κ1) is 29.9. The molecule has 12 heteroatoms. The van der Waals surface area contributed by atoms with Gasteiger partial charge in [0, 0.05) is 49.3 Å². The van der Waals surface area contributed by atoms with Gasteiger partial charge in [-0.3, -0.25) is 9.59 Å². The van der Waals surface area contributed by atoms with Crippen LogP contribution in [0.1, 0.15) is 49.5 Å². The number of hydrogen-bond acceptors (Lipinski definition) is 8. The first-order valence-corrected chi connectivity index (χ1v) is 14.9. The number of carbonyl (C=O) groups excluding carboxylic acids is 1. The molecule has 0 spiro atoms. The van der Waals surface area contributed by atoms with Crippen LogP contribution in [-0.4, -0.2) is 67.1 Å². The molecule has 4 rings (SSSR count). The molecule has 3 aromatic rings. The number of amides is 1. The highest BCUT2D eigenvalue weighted by atomic mass is 32.2. The van der Waals surface area contributed by atoms with Gasteiger partial charge in [0.25, 0.3) is 5.91 Å². The summed E-state index contributed by atoms with van der Waals surface area (Å²) in [5.41, 5.74) is 1.40. The Labute approximate surface area is 240 Å². The number of anilines is 2. The maximum absolute atomic E-state index is 13.1. The van der Waals surface area contributed by atoms with E-state index >= 15 is 0 Å². The summed E-state index contributed by atoms with van der Waals surface area (Å²) >= 11 is 0. The standard InChI is InChI=1S/C29H36N6O5S/c1-29(2,3)23-7-4-5-8-25(23)41(39,40)34-24(27(37)38)19-32-26(36)20-9-11-22(12-10-20)35-17-13-21(14-18-35)33-28-30-15-6-16-31-28/h4-12,15-16,21,24,34H,13-14,17-19H2,1-3H3,(H,32,36)(H,37,38)(H,30,31,33)/t24-/m0/s1. The third-order valence-electron chi connectivity index (χ3n) is 6.94. The number of aliphatic carboxylic acids is 1. The van der Waals surface area contributed by atoms with Crippen LogP contribution in [0.5, 0.6) is 0 Å². The number of rotatable bonds is 10. The van der Waals surface area contributed by atoms with Crippen LogP contribution in [0, 0.1) is 0 Å². The van der Waals surface area contributed by atoms with E-state index in [-0.39, 0.29) is 10.9 Å². The number of sulfonamides is 1. The number of nitrogens with one attached hydrogen (secondary N) is 3. The zero-order valence-electron chi connectivity index (χ0n) is 23.4. The van der Waals surface area contributed by atoms with Crippen molar-refractivity contribution in [3.63, 3.8) is 0 Å². The number of carboxylic acids is 1.